The number of thiazole rings is 1. The molecule has 3 rings (SSSR count). The summed E-state index contributed by atoms with van der Waals surface area (Å²) in [5, 5.41) is 0.679. The molecule has 22 heavy (non-hydrogen) atoms. The predicted octanol–water partition coefficient (Wildman–Crippen LogP) is 3.98. The molecule has 0 radical (unpaired) electrons. The fourth-order valence-corrected chi connectivity index (χ4v) is 3.25. The zero-order valence-electron chi connectivity index (χ0n) is 12.7. The second-order valence-electron chi connectivity index (χ2n) is 5.39. The van der Waals surface area contributed by atoms with Crippen molar-refractivity contribution in [1.29, 1.82) is 0 Å². The van der Waals surface area contributed by atoms with E-state index in [4.69, 9.17) is 0 Å². The van der Waals surface area contributed by atoms with Crippen LogP contribution in [0.2, 0.25) is 0 Å². The number of hydrogen-bond acceptors (Lipinski definition) is 4. The van der Waals surface area contributed by atoms with Crippen LogP contribution in [0.3, 0.4) is 0 Å². The van der Waals surface area contributed by atoms with E-state index in [1.54, 1.807) is 0 Å². The van der Waals surface area contributed by atoms with Crippen LogP contribution >= 0.6 is 11.3 Å². The zero-order valence-corrected chi connectivity index (χ0v) is 13.5. The lowest BCUT2D eigenvalue weighted by Crippen LogP contribution is -2.29. The molecule has 5 heteroatoms. The van der Waals surface area contributed by atoms with Crippen LogP contribution in [0, 0.1) is 20.8 Å². The van der Waals surface area contributed by atoms with Crippen molar-refractivity contribution in [3.63, 3.8) is 0 Å². The monoisotopic (exact) mass is 311 g/mol. The van der Waals surface area contributed by atoms with Crippen molar-refractivity contribution in [3.05, 3.63) is 58.7 Å². The van der Waals surface area contributed by atoms with Gasteiger partial charge in [-0.3, -0.25) is 15.6 Å². The largest absolute Gasteiger partial charge is 0.273 e. The maximum atomic E-state index is 12.2. The van der Waals surface area contributed by atoms with Crippen LogP contribution in [0.5, 0.6) is 0 Å². The number of fused-ring (bicyclic) bond motifs is 1. The van der Waals surface area contributed by atoms with Gasteiger partial charge in [-0.05, 0) is 50.1 Å². The lowest BCUT2D eigenvalue weighted by Gasteiger charge is -2.08. The SMILES string of the molecule is Cc1ccc(C(=O)NNc2nc3ccc(C)cc3s2)c(C)c1. The second kappa shape index (κ2) is 5.77. The Labute approximate surface area is 133 Å². The van der Waals surface area contributed by atoms with Gasteiger partial charge in [0, 0.05) is 5.56 Å². The number of aryl methyl sites for hydroxylation is 3. The van der Waals surface area contributed by atoms with Gasteiger partial charge in [0.25, 0.3) is 5.91 Å². The molecular weight excluding hydrogens is 294 g/mol. The Kier molecular flexibility index (Phi) is 3.81. The van der Waals surface area contributed by atoms with E-state index in [1.807, 2.05) is 51.1 Å². The molecule has 0 fully saturated rings. The van der Waals surface area contributed by atoms with Crippen LogP contribution in [-0.4, -0.2) is 10.9 Å². The van der Waals surface area contributed by atoms with E-state index in [0.29, 0.717) is 10.7 Å². The molecule has 0 unspecified atom stereocenters. The average Bonchev–Trinajstić information content (AvgIpc) is 2.86. The number of anilines is 1. The van der Waals surface area contributed by atoms with Crippen molar-refractivity contribution < 1.29 is 4.79 Å². The number of rotatable bonds is 3. The number of benzene rings is 2. The van der Waals surface area contributed by atoms with Crippen LogP contribution in [0.25, 0.3) is 10.2 Å². The number of carbonyl (C=O) groups is 1. The molecule has 0 aliphatic heterocycles. The summed E-state index contributed by atoms with van der Waals surface area (Å²) >= 11 is 1.52. The Bertz CT molecular complexity index is 854. The number of hydrogen-bond donors (Lipinski definition) is 2. The fourth-order valence-electron chi connectivity index (χ4n) is 2.33. The third kappa shape index (κ3) is 2.94. The van der Waals surface area contributed by atoms with Gasteiger partial charge in [0.1, 0.15) is 0 Å². The van der Waals surface area contributed by atoms with Gasteiger partial charge in [0.2, 0.25) is 5.13 Å². The van der Waals surface area contributed by atoms with E-state index in [2.05, 4.69) is 21.9 Å². The third-order valence-electron chi connectivity index (χ3n) is 3.45. The molecule has 1 aromatic heterocycles. The van der Waals surface area contributed by atoms with Crippen molar-refractivity contribution >= 4 is 32.6 Å². The highest BCUT2D eigenvalue weighted by atomic mass is 32.1. The number of amides is 1. The highest BCUT2D eigenvalue weighted by Gasteiger charge is 2.10. The number of hydrazine groups is 1. The first-order valence-electron chi connectivity index (χ1n) is 7.04. The van der Waals surface area contributed by atoms with Crippen LogP contribution in [0.1, 0.15) is 27.0 Å². The molecule has 0 saturated carbocycles. The molecule has 0 saturated heterocycles. The van der Waals surface area contributed by atoms with Crippen molar-refractivity contribution in [1.82, 2.24) is 10.4 Å². The Morgan fingerprint density at radius 1 is 1.05 bits per heavy atom. The standard InChI is InChI=1S/C17H17N3OS/c1-10-4-6-13(12(3)8-10)16(21)19-20-17-18-14-7-5-11(2)9-15(14)22-17/h4-9H,1-3H3,(H,18,20)(H,19,21). The maximum Gasteiger partial charge on any atom is 0.269 e. The summed E-state index contributed by atoms with van der Waals surface area (Å²) in [6.45, 7) is 5.99. The molecular formula is C17H17N3OS. The summed E-state index contributed by atoms with van der Waals surface area (Å²) < 4.78 is 1.10. The molecule has 0 spiro atoms. The van der Waals surface area contributed by atoms with Crippen molar-refractivity contribution in [2.45, 2.75) is 20.8 Å². The van der Waals surface area contributed by atoms with Gasteiger partial charge in [-0.15, -0.1) is 0 Å². The second-order valence-corrected chi connectivity index (χ2v) is 6.42. The third-order valence-corrected chi connectivity index (χ3v) is 4.39. The molecule has 1 amide bonds. The maximum absolute atomic E-state index is 12.2. The molecule has 4 nitrogen and oxygen atoms in total. The molecule has 1 heterocycles. The topological polar surface area (TPSA) is 54.0 Å². The van der Waals surface area contributed by atoms with Gasteiger partial charge in [-0.1, -0.05) is 35.1 Å². The molecule has 2 aromatic carbocycles. The lowest BCUT2D eigenvalue weighted by molar-refractivity contribution is 0.0962. The Morgan fingerprint density at radius 2 is 1.77 bits per heavy atom. The normalized spacial score (nSPS) is 10.7. The molecule has 0 aliphatic rings. The highest BCUT2D eigenvalue weighted by molar-refractivity contribution is 7.22. The summed E-state index contributed by atoms with van der Waals surface area (Å²) in [4.78, 5) is 16.7. The van der Waals surface area contributed by atoms with E-state index in [1.165, 1.54) is 16.9 Å². The van der Waals surface area contributed by atoms with E-state index in [0.717, 1.165) is 21.3 Å². The quantitative estimate of drug-likeness (QED) is 0.719. The van der Waals surface area contributed by atoms with Crippen molar-refractivity contribution in [2.75, 3.05) is 5.43 Å². The van der Waals surface area contributed by atoms with Crippen LogP contribution in [0.4, 0.5) is 5.13 Å². The van der Waals surface area contributed by atoms with Gasteiger partial charge in [-0.25, -0.2) is 4.98 Å². The molecule has 3 aromatic rings. The van der Waals surface area contributed by atoms with Gasteiger partial charge in [0.05, 0.1) is 10.2 Å². The van der Waals surface area contributed by atoms with E-state index in [-0.39, 0.29) is 5.91 Å². The van der Waals surface area contributed by atoms with Crippen molar-refractivity contribution in [3.8, 4) is 0 Å². The first-order chi connectivity index (χ1) is 10.5. The van der Waals surface area contributed by atoms with Crippen LogP contribution < -0.4 is 10.9 Å². The van der Waals surface area contributed by atoms with E-state index >= 15 is 0 Å². The molecule has 112 valence electrons. The van der Waals surface area contributed by atoms with Crippen LogP contribution in [-0.2, 0) is 0 Å². The number of nitrogens with one attached hydrogen (secondary N) is 2. The number of nitrogens with zero attached hydrogens (tertiary/aromatic N) is 1. The number of aromatic nitrogens is 1. The first kappa shape index (κ1) is 14.5. The minimum absolute atomic E-state index is 0.159. The van der Waals surface area contributed by atoms with Crippen molar-refractivity contribution in [2.24, 2.45) is 0 Å². The summed E-state index contributed by atoms with van der Waals surface area (Å²) in [6.07, 6.45) is 0. The molecule has 0 bridgehead atoms. The zero-order chi connectivity index (χ0) is 15.7. The van der Waals surface area contributed by atoms with Gasteiger partial charge < -0.3 is 0 Å². The minimum Gasteiger partial charge on any atom is -0.273 e. The highest BCUT2D eigenvalue weighted by Crippen LogP contribution is 2.26. The summed E-state index contributed by atoms with van der Waals surface area (Å²) in [7, 11) is 0. The van der Waals surface area contributed by atoms with Gasteiger partial charge in [-0.2, -0.15) is 0 Å². The fraction of sp³-hybridized carbons (Fsp3) is 0.176. The Morgan fingerprint density at radius 3 is 2.55 bits per heavy atom. The van der Waals surface area contributed by atoms with Crippen LogP contribution in [0.15, 0.2) is 36.4 Å². The van der Waals surface area contributed by atoms with E-state index < -0.39 is 0 Å². The number of carbonyl (C=O) groups excluding carboxylic acids is 1. The Hall–Kier alpha value is -2.40. The lowest BCUT2D eigenvalue weighted by atomic mass is 10.1. The van der Waals surface area contributed by atoms with Gasteiger partial charge in [0.15, 0.2) is 0 Å². The summed E-state index contributed by atoms with van der Waals surface area (Å²) in [5.41, 5.74) is 10.5. The molecule has 0 aliphatic carbocycles. The predicted molar refractivity (Wildman–Crippen MR) is 91.4 cm³/mol. The van der Waals surface area contributed by atoms with Gasteiger partial charge >= 0.3 is 0 Å². The molecule has 2 N–H and O–H groups in total. The molecule has 0 atom stereocenters. The first-order valence-corrected chi connectivity index (χ1v) is 7.85. The van der Waals surface area contributed by atoms with E-state index in [9.17, 15) is 4.79 Å². The minimum atomic E-state index is -0.159. The summed E-state index contributed by atoms with van der Waals surface area (Å²) in [6, 6.07) is 11.9. The smallest absolute Gasteiger partial charge is 0.269 e. The summed E-state index contributed by atoms with van der Waals surface area (Å²) in [5.74, 6) is -0.159. The Balaban J connectivity index is 1.74. The average molecular weight is 311 g/mol.